The molecule has 3 fully saturated rings. The number of rotatable bonds is 27. The van der Waals surface area contributed by atoms with Crippen LogP contribution in [0.2, 0.25) is 0 Å². The molecule has 1 aromatic heterocycles. The van der Waals surface area contributed by atoms with E-state index in [1.807, 2.05) is 17.1 Å². The SMILES string of the molecule is CCCCCCC(P)(I)C1CC(=O)N(CCC(=O)NCCNN(CC2CC2)c2cc(C(=O)NCCCCCc3ccc4c(c3)CN(C3CCC(=O)NC3=O)C4=O)c(CS(C)(=O)=O)cc2-c2cn(C)c(=O)c3c2CCN3)C1=O. The monoisotopic (exact) mass is 1210 g/mol. The van der Waals surface area contributed by atoms with Crippen molar-refractivity contribution in [2.45, 2.75) is 131 Å². The highest BCUT2D eigenvalue weighted by Gasteiger charge is 2.47. The Bertz CT molecular complexity index is 2980. The number of halogens is 1. The van der Waals surface area contributed by atoms with Gasteiger partial charge in [0.05, 0.1) is 17.4 Å². The number of aryl methyl sites for hydroxylation is 2. The number of sulfone groups is 1. The number of pyridine rings is 1. The van der Waals surface area contributed by atoms with Crippen LogP contribution in [0.5, 0.6) is 0 Å². The van der Waals surface area contributed by atoms with Crippen LogP contribution >= 0.6 is 31.8 Å². The topological polar surface area (TPSA) is 245 Å². The molecule has 77 heavy (non-hydrogen) atoms. The number of carbonyl (C=O) groups is 7. The molecule has 4 aliphatic heterocycles. The summed E-state index contributed by atoms with van der Waals surface area (Å²) in [6, 6.07) is 8.53. The minimum atomic E-state index is -3.65. The highest BCUT2D eigenvalue weighted by molar-refractivity contribution is 14.1. The molecule has 0 spiro atoms. The van der Waals surface area contributed by atoms with E-state index in [2.05, 4.69) is 65.4 Å². The maximum absolute atomic E-state index is 14.4. The van der Waals surface area contributed by atoms with Crippen molar-refractivity contribution in [3.63, 3.8) is 0 Å². The molecular weight excluding hydrogens is 1140 g/mol. The number of piperidine rings is 1. The van der Waals surface area contributed by atoms with Gasteiger partial charge in [-0.3, -0.25) is 48.6 Å². The largest absolute Gasteiger partial charge is 0.380 e. The van der Waals surface area contributed by atoms with Crippen LogP contribution < -0.4 is 37.3 Å². The van der Waals surface area contributed by atoms with Crippen LogP contribution in [-0.2, 0) is 66.0 Å². The Morgan fingerprint density at radius 2 is 1.69 bits per heavy atom. The van der Waals surface area contributed by atoms with Gasteiger partial charge < -0.3 is 30.4 Å². The first-order valence-corrected chi connectivity index (χ1v) is 30.9. The number of alkyl halides is 1. The Morgan fingerprint density at radius 1 is 0.909 bits per heavy atom. The van der Waals surface area contributed by atoms with E-state index in [-0.39, 0.29) is 79.6 Å². The number of imide groups is 2. The summed E-state index contributed by atoms with van der Waals surface area (Å²) < 4.78 is 27.2. The number of hydrogen-bond donors (Lipinski definition) is 5. The fourth-order valence-corrected chi connectivity index (χ4v) is 13.1. The molecule has 5 aliphatic rings. The van der Waals surface area contributed by atoms with E-state index in [1.165, 1.54) is 14.4 Å². The third-order valence-corrected chi connectivity index (χ3v) is 18.1. The van der Waals surface area contributed by atoms with Gasteiger partial charge in [-0.15, -0.1) is 9.24 Å². The quantitative estimate of drug-likeness (QED) is 0.0168. The predicted octanol–water partition coefficient (Wildman–Crippen LogP) is 5.05. The van der Waals surface area contributed by atoms with E-state index in [0.29, 0.717) is 79.4 Å². The first-order chi connectivity index (χ1) is 36.7. The Morgan fingerprint density at radius 3 is 2.43 bits per heavy atom. The molecule has 2 saturated heterocycles. The Labute approximate surface area is 466 Å². The van der Waals surface area contributed by atoms with Crippen molar-refractivity contribution in [2.75, 3.05) is 55.9 Å². The summed E-state index contributed by atoms with van der Waals surface area (Å²) >= 11 is 2.29. The lowest BCUT2D eigenvalue weighted by Crippen LogP contribution is -2.52. The lowest BCUT2D eigenvalue weighted by molar-refractivity contribution is -0.140. The summed E-state index contributed by atoms with van der Waals surface area (Å²) in [7, 11) is 0.822. The fraction of sp³-hybridized carbons (Fsp3) is 0.564. The van der Waals surface area contributed by atoms with E-state index in [0.717, 1.165) is 92.7 Å². The molecule has 1 saturated carbocycles. The zero-order chi connectivity index (χ0) is 55.2. The van der Waals surface area contributed by atoms with Crippen LogP contribution in [0.25, 0.3) is 11.1 Å². The van der Waals surface area contributed by atoms with Gasteiger partial charge >= 0.3 is 0 Å². The predicted molar refractivity (Wildman–Crippen MR) is 306 cm³/mol. The van der Waals surface area contributed by atoms with Gasteiger partial charge in [-0.2, -0.15) is 0 Å². The molecule has 416 valence electrons. The van der Waals surface area contributed by atoms with Gasteiger partial charge in [0, 0.05) is 110 Å². The van der Waals surface area contributed by atoms with E-state index in [1.54, 1.807) is 31.4 Å². The molecule has 7 amide bonds. The average Bonchev–Trinajstić information content (AvgIpc) is 3.89. The summed E-state index contributed by atoms with van der Waals surface area (Å²) in [5, 5.41) is 13.5. The van der Waals surface area contributed by atoms with Gasteiger partial charge in [0.2, 0.25) is 29.5 Å². The Kier molecular flexibility index (Phi) is 19.0. The van der Waals surface area contributed by atoms with E-state index < -0.39 is 42.5 Å². The zero-order valence-corrected chi connectivity index (χ0v) is 48.5. The average molecular weight is 1210 g/mol. The highest BCUT2D eigenvalue weighted by Crippen LogP contribution is 2.46. The van der Waals surface area contributed by atoms with Crippen molar-refractivity contribution in [3.8, 4) is 11.1 Å². The van der Waals surface area contributed by atoms with Gasteiger partial charge in [-0.1, -0.05) is 73.8 Å². The number of likely N-dealkylation sites (tertiary alicyclic amines) is 1. The van der Waals surface area contributed by atoms with Crippen molar-refractivity contribution >= 4 is 94.4 Å². The molecule has 1 aliphatic carbocycles. The minimum absolute atomic E-state index is 0.00345. The summed E-state index contributed by atoms with van der Waals surface area (Å²) in [5.74, 6) is -2.77. The molecule has 22 heteroatoms. The van der Waals surface area contributed by atoms with Crippen LogP contribution in [0.1, 0.15) is 140 Å². The zero-order valence-electron chi connectivity index (χ0n) is 44.4. The summed E-state index contributed by atoms with van der Waals surface area (Å²) in [4.78, 5) is 108. The van der Waals surface area contributed by atoms with E-state index >= 15 is 0 Å². The van der Waals surface area contributed by atoms with Crippen LogP contribution in [0.4, 0.5) is 11.4 Å². The summed E-state index contributed by atoms with van der Waals surface area (Å²) in [6.45, 7) is 4.34. The van der Waals surface area contributed by atoms with Crippen LogP contribution in [0.15, 0.2) is 41.3 Å². The Balaban J connectivity index is 0.933. The number of benzene rings is 2. The molecule has 19 nitrogen and oxygen atoms in total. The van der Waals surface area contributed by atoms with Gasteiger partial charge in [0.15, 0.2) is 9.84 Å². The molecule has 4 atom stereocenters. The van der Waals surface area contributed by atoms with Gasteiger partial charge in [-0.05, 0) is 97.7 Å². The van der Waals surface area contributed by atoms with E-state index in [4.69, 9.17) is 0 Å². The molecule has 5 heterocycles. The number of hydrazine groups is 1. The maximum atomic E-state index is 14.4. The number of carbonyl (C=O) groups excluding carboxylic acids is 7. The van der Waals surface area contributed by atoms with Gasteiger partial charge in [0.25, 0.3) is 17.4 Å². The Hall–Kier alpha value is -5.25. The van der Waals surface area contributed by atoms with Gasteiger partial charge in [-0.25, -0.2) is 13.8 Å². The smallest absolute Gasteiger partial charge is 0.273 e. The van der Waals surface area contributed by atoms with Crippen molar-refractivity contribution < 1.29 is 42.0 Å². The molecule has 0 bridgehead atoms. The molecule has 0 radical (unpaired) electrons. The fourth-order valence-electron chi connectivity index (χ4n) is 10.9. The second-order valence-electron chi connectivity index (χ2n) is 21.5. The number of aromatic nitrogens is 1. The third kappa shape index (κ3) is 14.3. The third-order valence-electron chi connectivity index (χ3n) is 15.3. The van der Waals surface area contributed by atoms with Crippen molar-refractivity contribution in [1.82, 2.24) is 35.7 Å². The number of fused-ring (bicyclic) bond motifs is 2. The first kappa shape index (κ1) is 57.9. The van der Waals surface area contributed by atoms with Crippen LogP contribution in [0, 0.1) is 11.8 Å². The molecule has 8 rings (SSSR count). The number of nitrogens with zero attached hydrogens (tertiary/aromatic N) is 4. The van der Waals surface area contributed by atoms with E-state index in [9.17, 15) is 46.8 Å². The normalized spacial score (nSPS) is 19.0. The number of anilines is 2. The lowest BCUT2D eigenvalue weighted by atomic mass is 9.93. The lowest BCUT2D eigenvalue weighted by Gasteiger charge is -2.30. The van der Waals surface area contributed by atoms with Crippen molar-refractivity contribution in [2.24, 2.45) is 18.9 Å². The summed E-state index contributed by atoms with van der Waals surface area (Å²) in [6.07, 6.45) is 14.0. The number of hydrogen-bond acceptors (Lipinski definition) is 13. The second-order valence-corrected chi connectivity index (χ2v) is 27.8. The molecular formula is C55H73IN9O10PS. The standard InChI is InChI=1S/C55H73IN9O10PS/c1-4-5-6-9-20-55(56,76)43-29-48(68)63(53(43)72)25-19-46(66)57-23-24-60-65(30-35-12-13-35)45-28-40(37(33-77(3,74)75)27-41(45)42-32-62(2)54(73)49-39(42)18-22-58-49)50(69)59-21-10-7-8-11-34-14-15-38-36(26-34)31-64(52(38)71)44-16-17-47(67)61-51(44)70/h14-15,26-28,32,35,43-44,58,60H,4-13,16-25,29-31,33,76H2,1-3H3,(H,57,66)(H,59,69)(H,61,67,70). The maximum Gasteiger partial charge on any atom is 0.273 e. The van der Waals surface area contributed by atoms with Crippen molar-refractivity contribution in [3.05, 3.63) is 80.3 Å². The van der Waals surface area contributed by atoms with Gasteiger partial charge in [0.1, 0.15) is 11.7 Å². The van der Waals surface area contributed by atoms with Crippen LogP contribution in [0.3, 0.4) is 0 Å². The number of amides is 7. The van der Waals surface area contributed by atoms with Crippen molar-refractivity contribution in [1.29, 1.82) is 0 Å². The minimum Gasteiger partial charge on any atom is -0.380 e. The molecule has 4 unspecified atom stereocenters. The molecule has 2 aromatic carbocycles. The molecule has 3 aromatic rings. The highest BCUT2D eigenvalue weighted by atomic mass is 127. The summed E-state index contributed by atoms with van der Waals surface area (Å²) in [5.41, 5.74) is 9.54. The number of nitrogens with one attached hydrogen (secondary N) is 5. The molecule has 5 N–H and O–H groups in total. The first-order valence-electron chi connectivity index (χ1n) is 27.2. The second kappa shape index (κ2) is 25.3. The number of unbranched alkanes of at least 4 members (excludes halogenated alkanes) is 5. The van der Waals surface area contributed by atoms with Crippen LogP contribution in [-0.4, -0.2) is 119 Å².